The third-order valence-electron chi connectivity index (χ3n) is 6.40. The van der Waals surface area contributed by atoms with E-state index in [1.54, 1.807) is 0 Å². The highest BCUT2D eigenvalue weighted by molar-refractivity contribution is 5.03. The molecule has 2 fully saturated rings. The Balaban J connectivity index is 2.18. The van der Waals surface area contributed by atoms with Crippen molar-refractivity contribution in [3.8, 4) is 0 Å². The van der Waals surface area contributed by atoms with Gasteiger partial charge in [-0.05, 0) is 43.9 Å². The molecule has 0 aromatic rings. The molecular formula is C18H35NO. The lowest BCUT2D eigenvalue weighted by atomic mass is 9.57. The van der Waals surface area contributed by atoms with E-state index >= 15 is 0 Å². The van der Waals surface area contributed by atoms with Crippen molar-refractivity contribution in [3.63, 3.8) is 0 Å². The van der Waals surface area contributed by atoms with Crippen LogP contribution >= 0.6 is 0 Å². The van der Waals surface area contributed by atoms with Crippen molar-refractivity contribution in [2.24, 2.45) is 23.0 Å². The summed E-state index contributed by atoms with van der Waals surface area (Å²) < 4.78 is 0. The van der Waals surface area contributed by atoms with Crippen molar-refractivity contribution in [1.82, 2.24) is 0 Å². The fraction of sp³-hybridized carbons (Fsp3) is 1.00. The third-order valence-corrected chi connectivity index (χ3v) is 6.40. The molecule has 0 saturated heterocycles. The number of hydrogen-bond donors (Lipinski definition) is 2. The lowest BCUT2D eigenvalue weighted by Gasteiger charge is -2.52. The largest absolute Gasteiger partial charge is 0.389 e. The highest BCUT2D eigenvalue weighted by Gasteiger charge is 2.50. The lowest BCUT2D eigenvalue weighted by molar-refractivity contribution is -0.132. The molecule has 3 N–H and O–H groups in total. The molecule has 2 nitrogen and oxygen atoms in total. The smallest absolute Gasteiger partial charge is 0.0718 e. The second kappa shape index (κ2) is 6.79. The van der Waals surface area contributed by atoms with Gasteiger partial charge in [-0.3, -0.25) is 0 Å². The third kappa shape index (κ3) is 3.22. The minimum Gasteiger partial charge on any atom is -0.389 e. The van der Waals surface area contributed by atoms with Gasteiger partial charge in [0.05, 0.1) is 5.60 Å². The van der Waals surface area contributed by atoms with Crippen molar-refractivity contribution in [2.45, 2.75) is 90.1 Å². The van der Waals surface area contributed by atoms with Gasteiger partial charge in [0.1, 0.15) is 0 Å². The molecule has 0 spiro atoms. The molecular weight excluding hydrogens is 246 g/mol. The average Bonchev–Trinajstić information content (AvgIpc) is 2.39. The fourth-order valence-electron chi connectivity index (χ4n) is 4.79. The zero-order valence-electron chi connectivity index (χ0n) is 13.7. The first-order valence-corrected chi connectivity index (χ1v) is 8.95. The maximum Gasteiger partial charge on any atom is 0.0718 e. The SMILES string of the molecule is CC(C)C1CCCC(O)(C2(CN)CCCCCCC2)C1. The normalized spacial score (nSPS) is 35.5. The highest BCUT2D eigenvalue weighted by Crippen LogP contribution is 2.51. The minimum atomic E-state index is -0.494. The molecule has 2 aliphatic carbocycles. The summed E-state index contributed by atoms with van der Waals surface area (Å²) in [6, 6.07) is 0. The van der Waals surface area contributed by atoms with Gasteiger partial charge in [-0.15, -0.1) is 0 Å². The van der Waals surface area contributed by atoms with Gasteiger partial charge in [-0.25, -0.2) is 0 Å². The second-order valence-corrected chi connectivity index (χ2v) is 7.88. The van der Waals surface area contributed by atoms with Gasteiger partial charge in [0.2, 0.25) is 0 Å². The van der Waals surface area contributed by atoms with Crippen molar-refractivity contribution < 1.29 is 5.11 Å². The zero-order chi connectivity index (χ0) is 14.6. The van der Waals surface area contributed by atoms with Gasteiger partial charge in [0.25, 0.3) is 0 Å². The number of hydrogen-bond acceptors (Lipinski definition) is 2. The van der Waals surface area contributed by atoms with E-state index < -0.39 is 5.60 Å². The topological polar surface area (TPSA) is 46.2 Å². The van der Waals surface area contributed by atoms with Crippen LogP contribution in [0.3, 0.4) is 0 Å². The molecule has 0 aromatic heterocycles. The van der Waals surface area contributed by atoms with Gasteiger partial charge < -0.3 is 10.8 Å². The molecule has 2 rings (SSSR count). The minimum absolute atomic E-state index is 0.000972. The molecule has 2 saturated carbocycles. The molecule has 0 aliphatic heterocycles. The fourth-order valence-corrected chi connectivity index (χ4v) is 4.79. The summed E-state index contributed by atoms with van der Waals surface area (Å²) in [6.07, 6.45) is 13.3. The van der Waals surface area contributed by atoms with E-state index in [1.807, 2.05) is 0 Å². The van der Waals surface area contributed by atoms with E-state index in [1.165, 1.54) is 44.9 Å². The van der Waals surface area contributed by atoms with Crippen LogP contribution < -0.4 is 5.73 Å². The number of rotatable bonds is 3. The summed E-state index contributed by atoms with van der Waals surface area (Å²) in [5.41, 5.74) is 5.74. The molecule has 0 amide bonds. The summed E-state index contributed by atoms with van der Waals surface area (Å²) in [5.74, 6) is 1.37. The highest BCUT2D eigenvalue weighted by atomic mass is 16.3. The Kier molecular flexibility index (Phi) is 5.53. The molecule has 20 heavy (non-hydrogen) atoms. The second-order valence-electron chi connectivity index (χ2n) is 7.88. The van der Waals surface area contributed by atoms with Crippen molar-refractivity contribution >= 4 is 0 Å². The Bertz CT molecular complexity index is 294. The van der Waals surface area contributed by atoms with Crippen molar-refractivity contribution in [2.75, 3.05) is 6.54 Å². The van der Waals surface area contributed by atoms with E-state index in [0.29, 0.717) is 18.4 Å². The van der Waals surface area contributed by atoms with E-state index in [9.17, 15) is 5.11 Å². The Morgan fingerprint density at radius 1 is 1.00 bits per heavy atom. The number of nitrogens with two attached hydrogens (primary N) is 1. The number of aliphatic hydroxyl groups is 1. The first-order chi connectivity index (χ1) is 9.53. The van der Waals surface area contributed by atoms with Crippen LogP contribution in [0.25, 0.3) is 0 Å². The molecule has 0 bridgehead atoms. The molecule has 2 atom stereocenters. The summed E-state index contributed by atoms with van der Waals surface area (Å²) >= 11 is 0. The summed E-state index contributed by atoms with van der Waals surface area (Å²) in [4.78, 5) is 0. The zero-order valence-corrected chi connectivity index (χ0v) is 13.7. The molecule has 2 heteroatoms. The van der Waals surface area contributed by atoms with Crippen molar-refractivity contribution in [1.29, 1.82) is 0 Å². The van der Waals surface area contributed by atoms with Gasteiger partial charge in [0.15, 0.2) is 0 Å². The lowest BCUT2D eigenvalue weighted by Crippen LogP contribution is -2.55. The standard InChI is InChI=1S/C18H35NO/c1-15(2)16-9-8-12-18(20,13-16)17(14-19)10-6-4-3-5-7-11-17/h15-16,20H,3-14,19H2,1-2H3. The Labute approximate surface area is 125 Å². The maximum absolute atomic E-state index is 11.5. The molecule has 0 radical (unpaired) electrons. The summed E-state index contributed by atoms with van der Waals surface area (Å²) in [5, 5.41) is 11.5. The predicted octanol–water partition coefficient (Wildman–Crippen LogP) is 4.25. The summed E-state index contributed by atoms with van der Waals surface area (Å²) in [6.45, 7) is 5.29. The first-order valence-electron chi connectivity index (χ1n) is 8.95. The van der Waals surface area contributed by atoms with Crippen LogP contribution in [-0.4, -0.2) is 17.3 Å². The monoisotopic (exact) mass is 281 g/mol. The van der Waals surface area contributed by atoms with E-state index in [4.69, 9.17) is 5.73 Å². The Morgan fingerprint density at radius 2 is 1.60 bits per heavy atom. The van der Waals surface area contributed by atoms with Gasteiger partial charge in [0, 0.05) is 12.0 Å². The molecule has 0 heterocycles. The van der Waals surface area contributed by atoms with Crippen LogP contribution in [0.15, 0.2) is 0 Å². The van der Waals surface area contributed by atoms with Crippen LogP contribution in [0.4, 0.5) is 0 Å². The average molecular weight is 281 g/mol. The van der Waals surface area contributed by atoms with Crippen LogP contribution in [0.1, 0.15) is 84.5 Å². The van der Waals surface area contributed by atoms with E-state index in [2.05, 4.69) is 13.8 Å². The Hall–Kier alpha value is -0.0800. The van der Waals surface area contributed by atoms with Crippen LogP contribution in [0.2, 0.25) is 0 Å². The quantitative estimate of drug-likeness (QED) is 0.812. The van der Waals surface area contributed by atoms with Crippen LogP contribution in [0.5, 0.6) is 0 Å². The summed E-state index contributed by atoms with van der Waals surface area (Å²) in [7, 11) is 0. The molecule has 118 valence electrons. The van der Waals surface area contributed by atoms with Gasteiger partial charge in [-0.1, -0.05) is 52.4 Å². The molecule has 0 aromatic carbocycles. The predicted molar refractivity (Wildman–Crippen MR) is 85.6 cm³/mol. The van der Waals surface area contributed by atoms with Crippen LogP contribution in [0, 0.1) is 17.3 Å². The molecule has 2 aliphatic rings. The van der Waals surface area contributed by atoms with Crippen molar-refractivity contribution in [3.05, 3.63) is 0 Å². The van der Waals surface area contributed by atoms with Crippen LogP contribution in [-0.2, 0) is 0 Å². The van der Waals surface area contributed by atoms with Gasteiger partial charge >= 0.3 is 0 Å². The molecule has 2 unspecified atom stereocenters. The van der Waals surface area contributed by atoms with E-state index in [0.717, 1.165) is 25.7 Å². The first kappa shape index (κ1) is 16.3. The van der Waals surface area contributed by atoms with Gasteiger partial charge in [-0.2, -0.15) is 0 Å². The Morgan fingerprint density at radius 3 is 2.15 bits per heavy atom. The maximum atomic E-state index is 11.5. The van der Waals surface area contributed by atoms with E-state index in [-0.39, 0.29) is 5.41 Å².